The number of nitrogen functional groups attached to an aromatic ring is 1. The van der Waals surface area contributed by atoms with Gasteiger partial charge in [0.25, 0.3) is 5.95 Å². The molecular formula is C17H16F5N9O. The summed E-state index contributed by atoms with van der Waals surface area (Å²) < 4.78 is 64.8. The molecule has 32 heavy (non-hydrogen) atoms. The van der Waals surface area contributed by atoms with Gasteiger partial charge in [0.2, 0.25) is 17.8 Å². The molecule has 5 N–H and O–H groups in total. The van der Waals surface area contributed by atoms with Crippen LogP contribution in [-0.4, -0.2) is 49.4 Å². The van der Waals surface area contributed by atoms with E-state index in [1.54, 1.807) is 5.32 Å². The number of aromatic nitrogens is 5. The van der Waals surface area contributed by atoms with Gasteiger partial charge in [0.1, 0.15) is 18.4 Å². The number of nitrogens with two attached hydrogens (primary N) is 1. The molecule has 0 radical (unpaired) electrons. The summed E-state index contributed by atoms with van der Waals surface area (Å²) in [4.78, 5) is 23.4. The number of nitrogens with zero attached hydrogens (tertiary/aromatic N) is 5. The van der Waals surface area contributed by atoms with Gasteiger partial charge in [0.05, 0.1) is 6.20 Å². The highest BCUT2D eigenvalue weighted by molar-refractivity contribution is 5.83. The van der Waals surface area contributed by atoms with E-state index in [0.717, 1.165) is 10.9 Å². The maximum atomic E-state index is 14.1. The van der Waals surface area contributed by atoms with Crippen LogP contribution >= 0.6 is 0 Å². The minimum Gasteiger partial charge on any atom is -0.368 e. The smallest absolute Gasteiger partial charge is 0.368 e. The maximum absolute atomic E-state index is 14.1. The third kappa shape index (κ3) is 5.77. The predicted molar refractivity (Wildman–Crippen MR) is 103 cm³/mol. The van der Waals surface area contributed by atoms with Crippen molar-refractivity contribution >= 4 is 29.3 Å². The van der Waals surface area contributed by atoms with Gasteiger partial charge < -0.3 is 21.7 Å². The largest absolute Gasteiger partial charge is 0.405 e. The van der Waals surface area contributed by atoms with Crippen molar-refractivity contribution in [2.45, 2.75) is 19.1 Å². The standard InChI is InChI=1S/C17H16F5N9O/c1-8(13(32)25-7-17(20,21)22)26-12-11(19)6-24-16(28-12)31-14(23)29-15(30-31)27-10-4-2-9(18)3-5-10/h2-6,8H,7H2,1H3,(H,25,32)(H,24,26,28)(H3,23,27,29,30)/t8-/m0/s1. The van der Waals surface area contributed by atoms with E-state index in [1.165, 1.54) is 31.2 Å². The number of nitrogens with one attached hydrogen (secondary N) is 3. The number of carbonyl (C=O) groups excluding carboxylic acids is 1. The van der Waals surface area contributed by atoms with Crippen LogP contribution in [0.15, 0.2) is 30.5 Å². The highest BCUT2D eigenvalue weighted by Crippen LogP contribution is 2.19. The van der Waals surface area contributed by atoms with Gasteiger partial charge in [-0.15, -0.1) is 5.10 Å². The highest BCUT2D eigenvalue weighted by Gasteiger charge is 2.29. The first-order valence-corrected chi connectivity index (χ1v) is 8.91. The third-order valence-electron chi connectivity index (χ3n) is 3.86. The van der Waals surface area contributed by atoms with E-state index in [1.807, 2.05) is 0 Å². The Balaban J connectivity index is 1.76. The van der Waals surface area contributed by atoms with Gasteiger partial charge in [-0.25, -0.2) is 13.8 Å². The summed E-state index contributed by atoms with van der Waals surface area (Å²) in [6.45, 7) is -0.309. The molecule has 15 heteroatoms. The van der Waals surface area contributed by atoms with E-state index in [9.17, 15) is 26.7 Å². The fourth-order valence-electron chi connectivity index (χ4n) is 2.36. The lowest BCUT2D eigenvalue weighted by molar-refractivity contribution is -0.138. The monoisotopic (exact) mass is 457 g/mol. The number of hydrogen-bond donors (Lipinski definition) is 4. The first kappa shape index (κ1) is 22.6. The molecule has 3 rings (SSSR count). The average Bonchev–Trinajstić information content (AvgIpc) is 3.09. The van der Waals surface area contributed by atoms with Crippen molar-refractivity contribution in [2.75, 3.05) is 22.9 Å². The summed E-state index contributed by atoms with van der Waals surface area (Å²) in [6.07, 6.45) is -3.83. The van der Waals surface area contributed by atoms with Crippen molar-refractivity contribution < 1.29 is 26.7 Å². The van der Waals surface area contributed by atoms with Crippen LogP contribution in [0, 0.1) is 11.6 Å². The lowest BCUT2D eigenvalue weighted by Gasteiger charge is -2.16. The van der Waals surface area contributed by atoms with Gasteiger partial charge in [0.15, 0.2) is 11.6 Å². The zero-order valence-electron chi connectivity index (χ0n) is 16.3. The summed E-state index contributed by atoms with van der Waals surface area (Å²) >= 11 is 0. The zero-order valence-corrected chi connectivity index (χ0v) is 16.3. The fourth-order valence-corrected chi connectivity index (χ4v) is 2.36. The molecule has 3 aromatic rings. The number of hydrogen-bond acceptors (Lipinski definition) is 8. The molecule has 0 bridgehead atoms. The van der Waals surface area contributed by atoms with Crippen LogP contribution in [0.5, 0.6) is 0 Å². The summed E-state index contributed by atoms with van der Waals surface area (Å²) in [5.74, 6) is -3.28. The Morgan fingerprint density at radius 3 is 2.53 bits per heavy atom. The second-order valence-electron chi connectivity index (χ2n) is 6.40. The molecule has 2 aromatic heterocycles. The number of anilines is 4. The minimum atomic E-state index is -4.59. The quantitative estimate of drug-likeness (QED) is 0.397. The van der Waals surface area contributed by atoms with E-state index < -0.39 is 42.1 Å². The molecule has 2 heterocycles. The summed E-state index contributed by atoms with van der Waals surface area (Å²) in [5.41, 5.74) is 6.26. The van der Waals surface area contributed by atoms with Crippen molar-refractivity contribution in [3.63, 3.8) is 0 Å². The van der Waals surface area contributed by atoms with E-state index in [0.29, 0.717) is 5.69 Å². The van der Waals surface area contributed by atoms with Crippen LogP contribution < -0.4 is 21.7 Å². The number of alkyl halides is 3. The molecule has 0 aliphatic rings. The fraction of sp³-hybridized carbons (Fsp3) is 0.235. The van der Waals surface area contributed by atoms with Gasteiger partial charge in [-0.1, -0.05) is 0 Å². The van der Waals surface area contributed by atoms with Crippen LogP contribution in [0.25, 0.3) is 5.95 Å². The highest BCUT2D eigenvalue weighted by atomic mass is 19.4. The topological polar surface area (TPSA) is 136 Å². The van der Waals surface area contributed by atoms with Crippen molar-refractivity contribution in [3.05, 3.63) is 42.1 Å². The number of rotatable bonds is 7. The van der Waals surface area contributed by atoms with Crippen LogP contribution in [0.3, 0.4) is 0 Å². The van der Waals surface area contributed by atoms with Crippen LogP contribution in [0.1, 0.15) is 6.92 Å². The molecule has 0 fully saturated rings. The van der Waals surface area contributed by atoms with Crippen molar-refractivity contribution in [2.24, 2.45) is 0 Å². The Bertz CT molecular complexity index is 1100. The van der Waals surface area contributed by atoms with Gasteiger partial charge in [-0.05, 0) is 31.2 Å². The number of benzene rings is 1. The second-order valence-corrected chi connectivity index (χ2v) is 6.40. The van der Waals surface area contributed by atoms with Crippen molar-refractivity contribution in [3.8, 4) is 5.95 Å². The summed E-state index contributed by atoms with van der Waals surface area (Å²) in [6, 6.07) is 4.06. The Hall–Kier alpha value is -4.04. The van der Waals surface area contributed by atoms with E-state index in [4.69, 9.17) is 5.73 Å². The molecule has 10 nitrogen and oxygen atoms in total. The summed E-state index contributed by atoms with van der Waals surface area (Å²) in [7, 11) is 0. The second kappa shape index (κ2) is 8.99. The molecular weight excluding hydrogens is 441 g/mol. The SMILES string of the molecule is C[C@H](Nc1nc(-n2nc(Nc3ccc(F)cc3)nc2N)ncc1F)C(=O)NCC(F)(F)F. The van der Waals surface area contributed by atoms with Gasteiger partial charge in [0, 0.05) is 5.69 Å². The number of carbonyl (C=O) groups is 1. The maximum Gasteiger partial charge on any atom is 0.405 e. The molecule has 1 amide bonds. The van der Waals surface area contributed by atoms with E-state index >= 15 is 0 Å². The molecule has 0 unspecified atom stereocenters. The predicted octanol–water partition coefficient (Wildman–Crippen LogP) is 2.14. The van der Waals surface area contributed by atoms with Crippen LogP contribution in [0.2, 0.25) is 0 Å². The molecule has 170 valence electrons. The zero-order chi connectivity index (χ0) is 23.5. The normalized spacial score (nSPS) is 12.3. The Morgan fingerprint density at radius 2 is 1.88 bits per heavy atom. The van der Waals surface area contributed by atoms with E-state index in [-0.39, 0.29) is 17.8 Å². The van der Waals surface area contributed by atoms with Crippen LogP contribution in [-0.2, 0) is 4.79 Å². The Kier molecular flexibility index (Phi) is 6.36. The minimum absolute atomic E-state index is 0.0106. The lowest BCUT2D eigenvalue weighted by Crippen LogP contribution is -2.42. The molecule has 1 aromatic carbocycles. The first-order valence-electron chi connectivity index (χ1n) is 8.91. The third-order valence-corrected chi connectivity index (χ3v) is 3.86. The number of halogens is 5. The number of amides is 1. The summed E-state index contributed by atoms with van der Waals surface area (Å²) in [5, 5.41) is 10.9. The molecule has 0 aliphatic heterocycles. The Labute approximate surface area is 177 Å². The van der Waals surface area contributed by atoms with Gasteiger partial charge in [-0.3, -0.25) is 4.79 Å². The van der Waals surface area contributed by atoms with E-state index in [2.05, 4.69) is 30.7 Å². The van der Waals surface area contributed by atoms with Crippen LogP contribution in [0.4, 0.5) is 45.4 Å². The molecule has 0 saturated carbocycles. The lowest BCUT2D eigenvalue weighted by atomic mass is 10.3. The van der Waals surface area contributed by atoms with Crippen molar-refractivity contribution in [1.29, 1.82) is 0 Å². The van der Waals surface area contributed by atoms with Gasteiger partial charge in [-0.2, -0.15) is 27.8 Å². The van der Waals surface area contributed by atoms with Crippen molar-refractivity contribution in [1.82, 2.24) is 30.0 Å². The Morgan fingerprint density at radius 1 is 1.19 bits per heavy atom. The molecule has 0 saturated heterocycles. The molecule has 0 aliphatic carbocycles. The average molecular weight is 457 g/mol. The molecule has 0 spiro atoms. The van der Waals surface area contributed by atoms with Gasteiger partial charge >= 0.3 is 6.18 Å². The first-order chi connectivity index (χ1) is 15.0. The molecule has 1 atom stereocenters.